The van der Waals surface area contributed by atoms with E-state index in [0.29, 0.717) is 5.92 Å². The molecule has 0 aromatic heterocycles. The maximum atomic E-state index is 11.4. The number of nitrogens with one attached hydrogen (secondary N) is 1. The second-order valence-electron chi connectivity index (χ2n) is 4.44. The molecule has 4 heteroatoms. The molecule has 1 unspecified atom stereocenters. The van der Waals surface area contributed by atoms with Gasteiger partial charge in [-0.1, -0.05) is 36.4 Å². The fourth-order valence-electron chi connectivity index (χ4n) is 1.98. The fourth-order valence-corrected chi connectivity index (χ4v) is 1.98. The van der Waals surface area contributed by atoms with Crippen LogP contribution in [-0.2, 0) is 16.0 Å². The number of amides is 1. The first-order valence-electron chi connectivity index (χ1n) is 6.11. The number of carboxylic acid groups (broad SMARTS) is 1. The van der Waals surface area contributed by atoms with Gasteiger partial charge in [0.25, 0.3) is 0 Å². The first kappa shape index (κ1) is 13.1. The number of carbonyl (C=O) groups excluding carboxylic acids is 1. The molecule has 98 valence electrons. The zero-order valence-electron chi connectivity index (χ0n) is 10.4. The van der Waals surface area contributed by atoms with Gasteiger partial charge in [0.15, 0.2) is 0 Å². The molecule has 2 N–H and O–H groups in total. The lowest BCUT2D eigenvalue weighted by molar-refractivity contribution is -0.131. The molecule has 0 fully saturated rings. The standard InChI is InChI=1S/C15H15NO3/c17-14(8-9-15(18)19)16-13-7-6-12(13)10-11-4-2-1-3-5-11/h1-5,7-9,12H,6,10H2,(H,16,17)(H,18,19)/b9-8-. The van der Waals surface area contributed by atoms with Crippen LogP contribution in [0, 0.1) is 5.92 Å². The van der Waals surface area contributed by atoms with Crippen LogP contribution in [-0.4, -0.2) is 17.0 Å². The van der Waals surface area contributed by atoms with Crippen molar-refractivity contribution in [2.24, 2.45) is 5.92 Å². The summed E-state index contributed by atoms with van der Waals surface area (Å²) in [6.45, 7) is 0. The normalized spacial score (nSPS) is 17.7. The van der Waals surface area contributed by atoms with Gasteiger partial charge in [0, 0.05) is 23.8 Å². The van der Waals surface area contributed by atoms with Crippen molar-refractivity contribution in [3.05, 3.63) is 59.8 Å². The molecule has 1 aromatic carbocycles. The van der Waals surface area contributed by atoms with Crippen molar-refractivity contribution in [3.63, 3.8) is 0 Å². The van der Waals surface area contributed by atoms with Crippen LogP contribution in [0.4, 0.5) is 0 Å². The number of rotatable bonds is 5. The van der Waals surface area contributed by atoms with Gasteiger partial charge in [0.05, 0.1) is 0 Å². The summed E-state index contributed by atoms with van der Waals surface area (Å²) in [5.41, 5.74) is 2.11. The van der Waals surface area contributed by atoms with Gasteiger partial charge >= 0.3 is 5.97 Å². The molecule has 4 nitrogen and oxygen atoms in total. The molecule has 0 aliphatic heterocycles. The molecule has 0 radical (unpaired) electrons. The minimum atomic E-state index is -1.13. The molecule has 19 heavy (non-hydrogen) atoms. The van der Waals surface area contributed by atoms with Crippen molar-refractivity contribution >= 4 is 11.9 Å². The Morgan fingerprint density at radius 2 is 2.00 bits per heavy atom. The van der Waals surface area contributed by atoms with E-state index < -0.39 is 11.9 Å². The number of aliphatic carboxylic acids is 1. The predicted molar refractivity (Wildman–Crippen MR) is 71.3 cm³/mol. The smallest absolute Gasteiger partial charge is 0.328 e. The van der Waals surface area contributed by atoms with Crippen molar-refractivity contribution in [2.75, 3.05) is 0 Å². The van der Waals surface area contributed by atoms with Crippen LogP contribution in [0.25, 0.3) is 0 Å². The van der Waals surface area contributed by atoms with E-state index in [1.807, 2.05) is 24.3 Å². The van der Waals surface area contributed by atoms with Crippen molar-refractivity contribution in [1.82, 2.24) is 5.32 Å². The zero-order chi connectivity index (χ0) is 13.7. The molecule has 0 bridgehead atoms. The van der Waals surface area contributed by atoms with E-state index in [9.17, 15) is 9.59 Å². The number of carboxylic acids is 1. The number of allylic oxidation sites excluding steroid dienone is 2. The molecule has 0 spiro atoms. The largest absolute Gasteiger partial charge is 0.478 e. The first-order valence-corrected chi connectivity index (χ1v) is 6.11. The van der Waals surface area contributed by atoms with Crippen molar-refractivity contribution in [2.45, 2.75) is 12.8 Å². The lowest BCUT2D eigenvalue weighted by Gasteiger charge is -2.27. The first-order chi connectivity index (χ1) is 9.15. The van der Waals surface area contributed by atoms with Crippen molar-refractivity contribution < 1.29 is 14.7 Å². The highest BCUT2D eigenvalue weighted by Crippen LogP contribution is 2.28. The number of hydrogen-bond donors (Lipinski definition) is 2. The van der Waals surface area contributed by atoms with E-state index in [2.05, 4.69) is 17.4 Å². The van der Waals surface area contributed by atoms with E-state index in [4.69, 9.17) is 5.11 Å². The van der Waals surface area contributed by atoms with Gasteiger partial charge in [-0.3, -0.25) is 4.79 Å². The fraction of sp³-hybridized carbons (Fsp3) is 0.200. The second-order valence-corrected chi connectivity index (χ2v) is 4.44. The summed E-state index contributed by atoms with van der Waals surface area (Å²) < 4.78 is 0. The molecule has 0 saturated heterocycles. The second kappa shape index (κ2) is 6.00. The Bertz CT molecular complexity index is 532. The third kappa shape index (κ3) is 3.81. The Balaban J connectivity index is 1.86. The molecule has 1 aliphatic carbocycles. The summed E-state index contributed by atoms with van der Waals surface area (Å²) >= 11 is 0. The highest BCUT2D eigenvalue weighted by atomic mass is 16.4. The molecule has 0 saturated carbocycles. The Kier molecular flexibility index (Phi) is 4.13. The van der Waals surface area contributed by atoms with Crippen LogP contribution in [0.15, 0.2) is 54.3 Å². The Morgan fingerprint density at radius 1 is 1.26 bits per heavy atom. The van der Waals surface area contributed by atoms with Crippen LogP contribution in [0.3, 0.4) is 0 Å². The third-order valence-corrected chi connectivity index (χ3v) is 3.03. The summed E-state index contributed by atoms with van der Waals surface area (Å²) in [6.07, 6.45) is 5.64. The van der Waals surface area contributed by atoms with Gasteiger partial charge in [-0.05, 0) is 18.4 Å². The highest BCUT2D eigenvalue weighted by molar-refractivity contribution is 5.94. The SMILES string of the molecule is O=C(O)/C=C\C(=O)NC1=CCC1Cc1ccccc1. The van der Waals surface area contributed by atoms with Gasteiger partial charge in [-0.15, -0.1) is 0 Å². The summed E-state index contributed by atoms with van der Waals surface area (Å²) in [5, 5.41) is 11.1. The average molecular weight is 257 g/mol. The molecule has 0 heterocycles. The maximum Gasteiger partial charge on any atom is 0.328 e. The van der Waals surface area contributed by atoms with E-state index in [1.54, 1.807) is 0 Å². The monoisotopic (exact) mass is 257 g/mol. The quantitative estimate of drug-likeness (QED) is 0.792. The van der Waals surface area contributed by atoms with Crippen molar-refractivity contribution in [3.8, 4) is 0 Å². The van der Waals surface area contributed by atoms with Gasteiger partial charge in [-0.25, -0.2) is 4.79 Å². The van der Waals surface area contributed by atoms with Gasteiger partial charge < -0.3 is 10.4 Å². The minimum absolute atomic E-state index is 0.310. The van der Waals surface area contributed by atoms with E-state index in [1.165, 1.54) is 5.56 Å². The Hall–Kier alpha value is -2.36. The summed E-state index contributed by atoms with van der Waals surface area (Å²) in [5.74, 6) is -1.21. The van der Waals surface area contributed by atoms with Crippen LogP contribution >= 0.6 is 0 Å². The molecule has 2 rings (SSSR count). The van der Waals surface area contributed by atoms with E-state index >= 15 is 0 Å². The predicted octanol–water partition coefficient (Wildman–Crippen LogP) is 1.89. The lowest BCUT2D eigenvalue weighted by Crippen LogP contribution is -2.31. The minimum Gasteiger partial charge on any atom is -0.478 e. The molecule has 1 aliphatic rings. The zero-order valence-corrected chi connectivity index (χ0v) is 10.4. The van der Waals surface area contributed by atoms with Gasteiger partial charge in [0.1, 0.15) is 0 Å². The topological polar surface area (TPSA) is 66.4 Å². The lowest BCUT2D eigenvalue weighted by atomic mass is 9.85. The van der Waals surface area contributed by atoms with E-state index in [0.717, 1.165) is 30.7 Å². The average Bonchev–Trinajstić information content (AvgIpc) is 2.40. The Morgan fingerprint density at radius 3 is 2.58 bits per heavy atom. The highest BCUT2D eigenvalue weighted by Gasteiger charge is 2.22. The Labute approximate surface area is 111 Å². The molecule has 1 aromatic rings. The van der Waals surface area contributed by atoms with Gasteiger partial charge in [-0.2, -0.15) is 0 Å². The maximum absolute atomic E-state index is 11.4. The van der Waals surface area contributed by atoms with Crippen LogP contribution < -0.4 is 5.32 Å². The molecule has 1 amide bonds. The van der Waals surface area contributed by atoms with Gasteiger partial charge in [0.2, 0.25) is 5.91 Å². The van der Waals surface area contributed by atoms with Crippen LogP contribution in [0.5, 0.6) is 0 Å². The number of carbonyl (C=O) groups is 2. The summed E-state index contributed by atoms with van der Waals surface area (Å²) in [6, 6.07) is 10.1. The molecular weight excluding hydrogens is 242 g/mol. The van der Waals surface area contributed by atoms with Crippen LogP contribution in [0.2, 0.25) is 0 Å². The summed E-state index contributed by atoms with van der Waals surface area (Å²) in [4.78, 5) is 21.7. The van der Waals surface area contributed by atoms with Crippen molar-refractivity contribution in [1.29, 1.82) is 0 Å². The third-order valence-electron chi connectivity index (χ3n) is 3.03. The number of hydrogen-bond acceptors (Lipinski definition) is 2. The van der Waals surface area contributed by atoms with Crippen LogP contribution in [0.1, 0.15) is 12.0 Å². The molecular formula is C15H15NO3. The summed E-state index contributed by atoms with van der Waals surface area (Å²) in [7, 11) is 0. The van der Waals surface area contributed by atoms with E-state index in [-0.39, 0.29) is 0 Å². The number of benzene rings is 1. The molecule has 1 atom stereocenters.